The Bertz CT molecular complexity index is 749. The predicted octanol–water partition coefficient (Wildman–Crippen LogP) is 4.41. The Hall–Kier alpha value is -2.04. The van der Waals surface area contributed by atoms with Crippen molar-refractivity contribution in [2.24, 2.45) is 0 Å². The van der Waals surface area contributed by atoms with Crippen molar-refractivity contribution < 1.29 is 14.6 Å². The molecule has 2 bridgehead atoms. The molecular formula is C24H31NO3. The second-order valence-corrected chi connectivity index (χ2v) is 8.31. The number of fused-ring (bicyclic) bond motifs is 2. The zero-order chi connectivity index (χ0) is 19.4. The highest BCUT2D eigenvalue weighted by Gasteiger charge is 2.45. The molecule has 0 radical (unpaired) electrons. The summed E-state index contributed by atoms with van der Waals surface area (Å²) in [5.74, 6) is 1.59. The molecule has 2 atom stereocenters. The standard InChI is InChI=1S/C24H31NO3/c1-27-22-11-6-12-23(15-22)28-14-13-24(26)16-20-9-5-10-21(17-24)25(20)18-19-7-3-2-4-8-19/h2-4,6-8,11-12,15,20-21,26H,5,9-10,13-14,16-18H2,1H3. The lowest BCUT2D eigenvalue weighted by molar-refractivity contribution is -0.103. The summed E-state index contributed by atoms with van der Waals surface area (Å²) in [5.41, 5.74) is 0.744. The molecule has 2 saturated heterocycles. The molecule has 28 heavy (non-hydrogen) atoms. The van der Waals surface area contributed by atoms with Gasteiger partial charge in [-0.25, -0.2) is 0 Å². The first-order valence-corrected chi connectivity index (χ1v) is 10.4. The first-order valence-electron chi connectivity index (χ1n) is 10.4. The monoisotopic (exact) mass is 381 g/mol. The number of hydrogen-bond donors (Lipinski definition) is 1. The van der Waals surface area contributed by atoms with Crippen LogP contribution < -0.4 is 9.47 Å². The molecule has 4 nitrogen and oxygen atoms in total. The minimum Gasteiger partial charge on any atom is -0.497 e. The lowest BCUT2D eigenvalue weighted by Gasteiger charge is -2.52. The minimum atomic E-state index is -0.623. The lowest BCUT2D eigenvalue weighted by atomic mass is 9.74. The summed E-state index contributed by atoms with van der Waals surface area (Å²) in [5, 5.41) is 11.3. The molecule has 4 rings (SSSR count). The number of aliphatic hydroxyl groups is 1. The Morgan fingerprint density at radius 2 is 1.71 bits per heavy atom. The molecule has 2 fully saturated rings. The van der Waals surface area contributed by atoms with E-state index in [9.17, 15) is 5.11 Å². The van der Waals surface area contributed by atoms with E-state index in [1.807, 2.05) is 24.3 Å². The maximum Gasteiger partial charge on any atom is 0.122 e. The van der Waals surface area contributed by atoms with Crippen LogP contribution in [0.2, 0.25) is 0 Å². The largest absolute Gasteiger partial charge is 0.497 e. The quantitative estimate of drug-likeness (QED) is 0.771. The minimum absolute atomic E-state index is 0.467. The summed E-state index contributed by atoms with van der Waals surface area (Å²) >= 11 is 0. The van der Waals surface area contributed by atoms with Crippen molar-refractivity contribution in [3.05, 3.63) is 60.2 Å². The van der Waals surface area contributed by atoms with Gasteiger partial charge in [-0.2, -0.15) is 0 Å². The number of methoxy groups -OCH3 is 1. The molecule has 0 aromatic heterocycles. The highest BCUT2D eigenvalue weighted by molar-refractivity contribution is 5.32. The molecule has 150 valence electrons. The van der Waals surface area contributed by atoms with Gasteiger partial charge in [0, 0.05) is 31.1 Å². The molecule has 0 aliphatic carbocycles. The highest BCUT2D eigenvalue weighted by Crippen LogP contribution is 2.41. The van der Waals surface area contributed by atoms with E-state index < -0.39 is 5.60 Å². The maximum atomic E-state index is 11.3. The predicted molar refractivity (Wildman–Crippen MR) is 111 cm³/mol. The highest BCUT2D eigenvalue weighted by atomic mass is 16.5. The van der Waals surface area contributed by atoms with Gasteiger partial charge in [0.05, 0.1) is 19.3 Å². The number of piperidine rings is 2. The van der Waals surface area contributed by atoms with E-state index in [-0.39, 0.29) is 0 Å². The van der Waals surface area contributed by atoms with Gasteiger partial charge < -0.3 is 14.6 Å². The molecule has 2 aromatic carbocycles. The zero-order valence-electron chi connectivity index (χ0n) is 16.7. The van der Waals surface area contributed by atoms with E-state index in [0.29, 0.717) is 25.1 Å². The van der Waals surface area contributed by atoms with Crippen LogP contribution in [0.1, 0.15) is 44.1 Å². The number of hydrogen-bond acceptors (Lipinski definition) is 4. The average Bonchev–Trinajstić information content (AvgIpc) is 2.70. The normalized spacial score (nSPS) is 27.4. The molecule has 2 aliphatic rings. The van der Waals surface area contributed by atoms with Crippen LogP contribution in [0.4, 0.5) is 0 Å². The van der Waals surface area contributed by atoms with Crippen molar-refractivity contribution in [1.82, 2.24) is 4.90 Å². The van der Waals surface area contributed by atoms with Gasteiger partial charge in [-0.3, -0.25) is 4.90 Å². The van der Waals surface area contributed by atoms with E-state index in [0.717, 1.165) is 30.9 Å². The van der Waals surface area contributed by atoms with E-state index >= 15 is 0 Å². The maximum absolute atomic E-state index is 11.3. The Labute approximate surface area is 168 Å². The molecule has 0 saturated carbocycles. The number of rotatable bonds is 7. The SMILES string of the molecule is COc1cccc(OCCC2(O)CC3CCCC(C2)N3Cc2ccccc2)c1. The van der Waals surface area contributed by atoms with Crippen LogP contribution in [-0.2, 0) is 6.54 Å². The average molecular weight is 382 g/mol. The summed E-state index contributed by atoms with van der Waals surface area (Å²) in [4.78, 5) is 2.64. The summed E-state index contributed by atoms with van der Waals surface area (Å²) in [6.45, 7) is 1.52. The molecule has 2 heterocycles. The molecule has 4 heteroatoms. The third-order valence-electron chi connectivity index (χ3n) is 6.33. The molecule has 2 unspecified atom stereocenters. The number of nitrogens with zero attached hydrogens (tertiary/aromatic N) is 1. The van der Waals surface area contributed by atoms with Crippen molar-refractivity contribution in [2.75, 3.05) is 13.7 Å². The van der Waals surface area contributed by atoms with Crippen molar-refractivity contribution in [2.45, 2.75) is 62.8 Å². The Morgan fingerprint density at radius 3 is 2.43 bits per heavy atom. The smallest absolute Gasteiger partial charge is 0.122 e. The molecule has 0 spiro atoms. The summed E-state index contributed by atoms with van der Waals surface area (Å²) in [7, 11) is 1.66. The van der Waals surface area contributed by atoms with E-state index in [4.69, 9.17) is 9.47 Å². The van der Waals surface area contributed by atoms with Crippen molar-refractivity contribution in [1.29, 1.82) is 0 Å². The summed E-state index contributed by atoms with van der Waals surface area (Å²) < 4.78 is 11.2. The topological polar surface area (TPSA) is 41.9 Å². The van der Waals surface area contributed by atoms with Crippen LogP contribution in [0, 0.1) is 0 Å². The Morgan fingerprint density at radius 1 is 1.00 bits per heavy atom. The fourth-order valence-electron chi connectivity index (χ4n) is 4.92. The van der Waals surface area contributed by atoms with Gasteiger partial charge >= 0.3 is 0 Å². The van der Waals surface area contributed by atoms with Crippen molar-refractivity contribution in [3.8, 4) is 11.5 Å². The Kier molecular flexibility index (Phi) is 5.88. The summed E-state index contributed by atoms with van der Waals surface area (Å²) in [6, 6.07) is 19.3. The van der Waals surface area contributed by atoms with Gasteiger partial charge in [0.25, 0.3) is 0 Å². The van der Waals surface area contributed by atoms with Gasteiger partial charge in [0.15, 0.2) is 0 Å². The van der Waals surface area contributed by atoms with Crippen LogP contribution in [0.15, 0.2) is 54.6 Å². The first kappa shape index (κ1) is 19.3. The van der Waals surface area contributed by atoms with Gasteiger partial charge in [-0.1, -0.05) is 42.8 Å². The first-order chi connectivity index (χ1) is 13.6. The molecule has 0 amide bonds. The van der Waals surface area contributed by atoms with E-state index in [1.165, 1.54) is 24.8 Å². The Balaban J connectivity index is 1.35. The van der Waals surface area contributed by atoms with Crippen molar-refractivity contribution in [3.63, 3.8) is 0 Å². The van der Waals surface area contributed by atoms with E-state index in [2.05, 4.69) is 35.2 Å². The number of benzene rings is 2. The fraction of sp³-hybridized carbons (Fsp3) is 0.500. The lowest BCUT2D eigenvalue weighted by Crippen LogP contribution is -2.57. The van der Waals surface area contributed by atoms with Gasteiger partial charge in [0.1, 0.15) is 11.5 Å². The van der Waals surface area contributed by atoms with Crippen LogP contribution in [0.3, 0.4) is 0 Å². The van der Waals surface area contributed by atoms with Crippen LogP contribution in [0.25, 0.3) is 0 Å². The third-order valence-corrected chi connectivity index (χ3v) is 6.33. The second kappa shape index (κ2) is 8.54. The van der Waals surface area contributed by atoms with Gasteiger partial charge in [-0.15, -0.1) is 0 Å². The molecular weight excluding hydrogens is 350 g/mol. The van der Waals surface area contributed by atoms with Gasteiger partial charge in [-0.05, 0) is 43.4 Å². The molecule has 2 aliphatic heterocycles. The number of ether oxygens (including phenoxy) is 2. The van der Waals surface area contributed by atoms with Crippen molar-refractivity contribution >= 4 is 0 Å². The van der Waals surface area contributed by atoms with Gasteiger partial charge in [0.2, 0.25) is 0 Å². The second-order valence-electron chi connectivity index (χ2n) is 8.31. The van der Waals surface area contributed by atoms with Crippen LogP contribution >= 0.6 is 0 Å². The fourth-order valence-corrected chi connectivity index (χ4v) is 4.92. The molecule has 2 aromatic rings. The summed E-state index contributed by atoms with van der Waals surface area (Å²) in [6.07, 6.45) is 6.01. The zero-order valence-corrected chi connectivity index (χ0v) is 16.7. The van der Waals surface area contributed by atoms with E-state index in [1.54, 1.807) is 7.11 Å². The molecule has 1 N–H and O–H groups in total. The van der Waals surface area contributed by atoms with Crippen LogP contribution in [-0.4, -0.2) is 41.4 Å². The third kappa shape index (κ3) is 4.50. The van der Waals surface area contributed by atoms with Crippen LogP contribution in [0.5, 0.6) is 11.5 Å².